The van der Waals surface area contributed by atoms with E-state index in [1.165, 1.54) is 30.1 Å². The normalized spacial score (nSPS) is 24.9. The van der Waals surface area contributed by atoms with Crippen LogP contribution in [0.4, 0.5) is 9.59 Å². The van der Waals surface area contributed by atoms with Gasteiger partial charge in [0.15, 0.2) is 0 Å². The summed E-state index contributed by atoms with van der Waals surface area (Å²) in [5.74, 6) is -1.27. The van der Waals surface area contributed by atoms with Crippen molar-refractivity contribution in [3.8, 4) is 0 Å². The van der Waals surface area contributed by atoms with Crippen molar-refractivity contribution in [2.45, 2.75) is 104 Å². The Kier molecular flexibility index (Phi) is 21.2. The number of hydrogen-bond donors (Lipinski definition) is 0. The van der Waals surface area contributed by atoms with Gasteiger partial charge < -0.3 is 30.0 Å². The first-order valence-electron chi connectivity index (χ1n) is 15.7. The number of nitrogens with zero attached hydrogens (tertiary/aromatic N) is 8. The molecular formula is C31H50ClN8NaO11S. The van der Waals surface area contributed by atoms with Crippen molar-refractivity contribution in [1.82, 2.24) is 9.80 Å². The molecule has 0 aromatic carbocycles. The fourth-order valence-corrected chi connectivity index (χ4v) is 6.61. The first-order valence-corrected chi connectivity index (χ1v) is 17.8. The second kappa shape index (κ2) is 21.6. The zero-order valence-electron chi connectivity index (χ0n) is 32.3. The van der Waals surface area contributed by atoms with Crippen molar-refractivity contribution in [1.29, 1.82) is 0 Å². The second-order valence-corrected chi connectivity index (χ2v) is 16.4. The van der Waals surface area contributed by atoms with Crippen LogP contribution in [0.5, 0.6) is 0 Å². The molecule has 294 valence electrons. The fraction of sp³-hybridized carbons (Fsp3) is 0.742. The molecule has 53 heavy (non-hydrogen) atoms. The van der Waals surface area contributed by atoms with Gasteiger partial charge in [-0.1, -0.05) is 31.1 Å². The van der Waals surface area contributed by atoms with Crippen molar-refractivity contribution in [2.75, 3.05) is 32.5 Å². The average Bonchev–Trinajstić information content (AvgIpc) is 3.46. The van der Waals surface area contributed by atoms with Crippen LogP contribution in [0.15, 0.2) is 30.4 Å². The smallest absolute Gasteiger partial charge is 0.467 e. The maximum Gasteiger partial charge on any atom is 1.00 e. The Bertz CT molecular complexity index is 1510. The quantitative estimate of drug-likeness (QED) is 0.0356. The van der Waals surface area contributed by atoms with Gasteiger partial charge in [-0.25, -0.2) is 19.2 Å². The molecule has 0 N–H and O–H groups in total. The van der Waals surface area contributed by atoms with Gasteiger partial charge in [-0.15, -0.1) is 24.8 Å². The summed E-state index contributed by atoms with van der Waals surface area (Å²) in [6, 6.07) is -2.59. The summed E-state index contributed by atoms with van der Waals surface area (Å²) in [6.45, 7) is 20.9. The molecule has 0 unspecified atom stereocenters. The Morgan fingerprint density at radius 1 is 0.849 bits per heavy atom. The predicted octanol–water partition coefficient (Wildman–Crippen LogP) is 3.18. The molecule has 2 heterocycles. The molecule has 0 spiro atoms. The summed E-state index contributed by atoms with van der Waals surface area (Å²) in [7, 11) is -1.59. The second-order valence-electron chi connectivity index (χ2n) is 14.2. The molecule has 2 saturated heterocycles. The Morgan fingerprint density at radius 3 is 1.57 bits per heavy atom. The van der Waals surface area contributed by atoms with Gasteiger partial charge in [-0.05, 0) is 59.9 Å². The minimum absolute atomic E-state index is 0. The molecule has 0 bridgehead atoms. The molecule has 0 saturated carbocycles. The molecule has 2 rings (SSSR count). The summed E-state index contributed by atoms with van der Waals surface area (Å²) in [4.78, 5) is 56.5. The van der Waals surface area contributed by atoms with Gasteiger partial charge in [0, 0.05) is 22.3 Å². The van der Waals surface area contributed by atoms with Crippen LogP contribution in [-0.4, -0.2) is 110 Å². The van der Waals surface area contributed by atoms with Crippen molar-refractivity contribution in [3.63, 3.8) is 0 Å². The van der Waals surface area contributed by atoms with E-state index in [4.69, 9.17) is 51.3 Å². The molecule has 2 fully saturated rings. The van der Waals surface area contributed by atoms with Crippen molar-refractivity contribution >= 4 is 45.8 Å². The van der Waals surface area contributed by atoms with Crippen LogP contribution < -0.4 is 29.6 Å². The Labute approximate surface area is 338 Å². The summed E-state index contributed by atoms with van der Waals surface area (Å²) >= 11 is 5.42. The Morgan fingerprint density at radius 2 is 1.23 bits per heavy atom. The number of hydrogen-bond acceptors (Lipinski definition) is 12. The minimum Gasteiger partial charge on any atom is -0.467 e. The maximum atomic E-state index is 12.6. The number of allylic oxidation sites excluding steroid dienone is 2. The van der Waals surface area contributed by atoms with E-state index in [2.05, 4.69) is 23.2 Å². The number of rotatable bonds is 10. The molecular weight excluding hydrogens is 751 g/mol. The largest absolute Gasteiger partial charge is 1.00 e. The molecule has 2 aliphatic rings. The van der Waals surface area contributed by atoms with Crippen LogP contribution in [0, 0.1) is 10.8 Å². The third-order valence-electron chi connectivity index (χ3n) is 7.96. The zero-order chi connectivity index (χ0) is 40.9. The number of esters is 2. The molecule has 0 aromatic heterocycles. The molecule has 19 nitrogen and oxygen atoms in total. The number of carbonyl (C=O) groups excluding carboxylic acids is 4. The fourth-order valence-electron chi connectivity index (χ4n) is 5.77. The molecule has 2 aliphatic heterocycles. The SMILES string of the molecule is C=CC[C@]1(C)[C@@H](N=[N+]=[N-])CN(C(=O)OC(C)(C)C)[C@@H]1C(=O)OC.C=CC[C@]1(C)[C@H](OS(=O)(=O)CCl)CN(C(=O)OC(C)(C)C)[C@@H]1C(=O)OC.[N-]=[N+]=[N-].[Na+]. The monoisotopic (exact) mass is 800 g/mol. The van der Waals surface area contributed by atoms with Crippen LogP contribution in [0.1, 0.15) is 68.2 Å². The van der Waals surface area contributed by atoms with Gasteiger partial charge in [0.25, 0.3) is 10.1 Å². The van der Waals surface area contributed by atoms with Crippen molar-refractivity contribution < 1.29 is 80.3 Å². The summed E-state index contributed by atoms with van der Waals surface area (Å²) < 4.78 is 49.3. The topological polar surface area (TPSA) is 263 Å². The number of azide groups is 1. The van der Waals surface area contributed by atoms with E-state index >= 15 is 0 Å². The van der Waals surface area contributed by atoms with Gasteiger partial charge >= 0.3 is 53.7 Å². The van der Waals surface area contributed by atoms with Crippen LogP contribution in [-0.2, 0) is 42.8 Å². The van der Waals surface area contributed by atoms with Gasteiger partial charge in [-0.2, -0.15) is 8.42 Å². The first kappa shape index (κ1) is 51.9. The number of halogens is 1. The van der Waals surface area contributed by atoms with Gasteiger partial charge in [0.1, 0.15) is 34.6 Å². The van der Waals surface area contributed by atoms with Gasteiger partial charge in [-0.3, -0.25) is 18.9 Å². The summed E-state index contributed by atoms with van der Waals surface area (Å²) in [5, 5.41) is 3.02. The van der Waals surface area contributed by atoms with E-state index in [-0.39, 0.29) is 49.1 Å². The van der Waals surface area contributed by atoms with Gasteiger partial charge in [0.05, 0.1) is 26.8 Å². The van der Waals surface area contributed by atoms with E-state index in [0.717, 1.165) is 4.90 Å². The molecule has 22 heteroatoms. The van der Waals surface area contributed by atoms with Crippen LogP contribution in [0.2, 0.25) is 0 Å². The van der Waals surface area contributed by atoms with Crippen LogP contribution in [0.3, 0.4) is 0 Å². The van der Waals surface area contributed by atoms with Crippen molar-refractivity contribution in [2.24, 2.45) is 15.9 Å². The minimum atomic E-state index is -4.03. The first-order chi connectivity index (χ1) is 23.8. The third-order valence-corrected chi connectivity index (χ3v) is 9.56. The Hall–Kier alpha value is -3.22. The van der Waals surface area contributed by atoms with Gasteiger partial charge in [0.2, 0.25) is 0 Å². The predicted molar refractivity (Wildman–Crippen MR) is 191 cm³/mol. The Balaban J connectivity index is 0. The molecule has 6 atom stereocenters. The van der Waals surface area contributed by atoms with E-state index < -0.39 is 85.7 Å². The molecule has 0 aromatic rings. The summed E-state index contributed by atoms with van der Waals surface area (Å²) in [5.41, 5.74) is 18.9. The van der Waals surface area contributed by atoms with E-state index in [1.54, 1.807) is 61.5 Å². The molecule has 0 radical (unpaired) electrons. The third kappa shape index (κ3) is 14.5. The zero-order valence-corrected chi connectivity index (χ0v) is 35.8. The van der Waals surface area contributed by atoms with Crippen LogP contribution in [0.25, 0.3) is 26.4 Å². The number of ether oxygens (including phenoxy) is 4. The number of carbonyl (C=O) groups is 4. The van der Waals surface area contributed by atoms with Crippen LogP contribution >= 0.6 is 11.6 Å². The van der Waals surface area contributed by atoms with E-state index in [9.17, 15) is 27.6 Å². The average molecular weight is 801 g/mol. The number of alkyl halides is 1. The standard InChI is InChI=1S/C16H26ClNO7S.C15H24N4O4.N3.Na/c1-7-8-16(5)11(25-26(21,22)10-17)9-18(12(16)13(19)23-6)14(20)24-15(2,3)4;1-7-8-15(5)10(17-18-16)9-19(11(15)12(20)22-6)13(21)23-14(2,3)4;1-3-2;/h7,11-12H,1,8-10H2,2-6H3;7,10-11H,1,8-9H2,2-6H3;;/q;;-1;+1/t11-,12-,16-;10-,11+,15+;;/m10../s1. The van der Waals surface area contributed by atoms with E-state index in [1.807, 2.05) is 0 Å². The van der Waals surface area contributed by atoms with E-state index in [0.29, 0.717) is 6.42 Å². The number of amides is 2. The number of likely N-dealkylation sites (tertiary alicyclic amines) is 2. The maximum absolute atomic E-state index is 12.6. The molecule has 0 aliphatic carbocycles. The molecule has 2 amide bonds. The number of methoxy groups -OCH3 is 2. The van der Waals surface area contributed by atoms with Crippen molar-refractivity contribution in [3.05, 3.63) is 51.7 Å². The summed E-state index contributed by atoms with van der Waals surface area (Å²) in [6.07, 6.45) is 1.33.